The molecule has 0 fully saturated rings. The van der Waals surface area contributed by atoms with Crippen LogP contribution < -0.4 is 11.5 Å². The van der Waals surface area contributed by atoms with Gasteiger partial charge in [0.05, 0.1) is 23.8 Å². The van der Waals surface area contributed by atoms with Crippen LogP contribution in [0.4, 0.5) is 46.5 Å². The highest BCUT2D eigenvalue weighted by molar-refractivity contribution is 6.32. The van der Waals surface area contributed by atoms with E-state index in [0.29, 0.717) is 6.20 Å². The van der Waals surface area contributed by atoms with E-state index in [1.54, 1.807) is 0 Å². The minimum absolute atomic E-state index is 0.0422. The molecule has 2 aromatic carbocycles. The summed E-state index contributed by atoms with van der Waals surface area (Å²) in [7, 11) is 0. The second kappa shape index (κ2) is 9.62. The smallest absolute Gasteiger partial charge is 0.396 e. The average molecular weight is 545 g/mol. The largest absolute Gasteiger partial charge is 0.435 e. The van der Waals surface area contributed by atoms with Gasteiger partial charge in [0.25, 0.3) is 0 Å². The average Bonchev–Trinajstić information content (AvgIpc) is 3.24. The third-order valence-corrected chi connectivity index (χ3v) is 4.79. The van der Waals surface area contributed by atoms with Crippen molar-refractivity contribution in [2.45, 2.75) is 6.18 Å². The third kappa shape index (κ3) is 5.27. The van der Waals surface area contributed by atoms with Crippen molar-refractivity contribution in [2.24, 2.45) is 0 Å². The number of halogens is 10. The number of anilines is 2. The molecule has 0 amide bonds. The number of nitrogens with two attached hydrogens (primary N) is 2. The van der Waals surface area contributed by atoms with Gasteiger partial charge >= 0.3 is 6.18 Å². The molecule has 0 bridgehead atoms. The molecule has 35 heavy (non-hydrogen) atoms. The predicted octanol–water partition coefficient (Wildman–Crippen LogP) is 5.93. The van der Waals surface area contributed by atoms with Crippen molar-refractivity contribution in [3.63, 3.8) is 0 Å². The van der Waals surface area contributed by atoms with Gasteiger partial charge in [0.2, 0.25) is 0 Å². The topological polar surface area (TPSA) is 87.7 Å². The highest BCUT2D eigenvalue weighted by atomic mass is 35.5. The van der Waals surface area contributed by atoms with Gasteiger partial charge in [0.15, 0.2) is 34.1 Å². The Morgan fingerprint density at radius 3 is 1.57 bits per heavy atom. The molecule has 4 aromatic rings. The van der Waals surface area contributed by atoms with E-state index in [9.17, 15) is 35.1 Å². The molecule has 0 saturated carbocycles. The first-order valence-corrected chi connectivity index (χ1v) is 9.67. The second-order valence-corrected chi connectivity index (χ2v) is 7.39. The van der Waals surface area contributed by atoms with Gasteiger partial charge in [0, 0.05) is 17.2 Å². The van der Waals surface area contributed by atoms with Crippen LogP contribution in [0.2, 0.25) is 10.2 Å². The Kier molecular flexibility index (Phi) is 7.17. The lowest BCUT2D eigenvalue weighted by molar-refractivity contribution is -0.142. The number of alkyl halides is 3. The molecule has 0 aliphatic carbocycles. The summed E-state index contributed by atoms with van der Waals surface area (Å²) in [6, 6.07) is 2.43. The van der Waals surface area contributed by atoms with Crippen molar-refractivity contribution >= 4 is 34.6 Å². The molecule has 0 spiro atoms. The van der Waals surface area contributed by atoms with Crippen LogP contribution in [0.5, 0.6) is 0 Å². The molecule has 186 valence electrons. The summed E-state index contributed by atoms with van der Waals surface area (Å²) >= 11 is 11.2. The van der Waals surface area contributed by atoms with Gasteiger partial charge in [-0.15, -0.1) is 0 Å². The Morgan fingerprint density at radius 2 is 1.11 bits per heavy atom. The molecular formula is C19H10Cl2F8N6. The first kappa shape index (κ1) is 26.1. The van der Waals surface area contributed by atoms with Crippen molar-refractivity contribution in [3.8, 4) is 11.4 Å². The number of rotatable bonds is 2. The molecule has 2 heterocycles. The highest BCUT2D eigenvalue weighted by Crippen LogP contribution is 2.36. The zero-order valence-corrected chi connectivity index (χ0v) is 18.2. The van der Waals surface area contributed by atoms with E-state index in [2.05, 4.69) is 10.2 Å². The summed E-state index contributed by atoms with van der Waals surface area (Å²) < 4.78 is 106. The SMILES string of the molecule is Nc1cnn(-c2c(F)cc(Cl)cc2F)c1Cl.Nc1cnn(-c2c(F)cc(F)cc2F)c1C(F)(F)F. The summed E-state index contributed by atoms with van der Waals surface area (Å²) in [6.45, 7) is 0. The van der Waals surface area contributed by atoms with Crippen molar-refractivity contribution in [1.29, 1.82) is 0 Å². The molecule has 0 saturated heterocycles. The van der Waals surface area contributed by atoms with Crippen LogP contribution in [-0.2, 0) is 6.18 Å². The summed E-state index contributed by atoms with van der Waals surface area (Å²) in [5, 5.41) is 6.74. The predicted molar refractivity (Wildman–Crippen MR) is 111 cm³/mol. The van der Waals surface area contributed by atoms with Gasteiger partial charge in [-0.05, 0) is 12.1 Å². The van der Waals surface area contributed by atoms with Crippen LogP contribution in [0.15, 0.2) is 36.7 Å². The Hall–Kier alpha value is -3.52. The van der Waals surface area contributed by atoms with Gasteiger partial charge in [0.1, 0.15) is 17.2 Å². The lowest BCUT2D eigenvalue weighted by Crippen LogP contribution is -2.17. The number of hydrogen-bond donors (Lipinski definition) is 2. The molecule has 4 rings (SSSR count). The maximum Gasteiger partial charge on any atom is 0.435 e. The maximum atomic E-state index is 13.5. The molecule has 0 atom stereocenters. The number of benzene rings is 2. The summed E-state index contributed by atoms with van der Waals surface area (Å²) in [6.07, 6.45) is -3.16. The van der Waals surface area contributed by atoms with Crippen LogP contribution in [-0.4, -0.2) is 19.6 Å². The van der Waals surface area contributed by atoms with Crippen molar-refractivity contribution in [3.05, 3.63) is 81.6 Å². The molecule has 0 aliphatic rings. The zero-order chi connectivity index (χ0) is 26.2. The van der Waals surface area contributed by atoms with E-state index in [4.69, 9.17) is 34.7 Å². The molecule has 0 aliphatic heterocycles. The van der Waals surface area contributed by atoms with Gasteiger partial charge < -0.3 is 11.5 Å². The van der Waals surface area contributed by atoms with E-state index in [1.165, 1.54) is 6.20 Å². The standard InChI is InChI=1S/C10H5F6N3.C9H5Cl2F2N3/c11-4-1-5(12)8(6(13)2-4)19-9(10(14,15)16)7(17)3-18-19;10-4-1-5(12)8(6(13)2-4)16-9(11)7(14)3-15-16/h1-3H,17H2;1-3H,14H2. The Bertz CT molecular complexity index is 1350. The number of nitrogens with zero attached hydrogens (tertiary/aromatic N) is 4. The second-order valence-electron chi connectivity index (χ2n) is 6.60. The van der Waals surface area contributed by atoms with Crippen LogP contribution in [0.1, 0.15) is 5.69 Å². The summed E-state index contributed by atoms with van der Waals surface area (Å²) in [4.78, 5) is 0. The molecule has 2 aromatic heterocycles. The number of nitrogen functional groups attached to an aromatic ring is 2. The van der Waals surface area contributed by atoms with Gasteiger partial charge in [-0.1, -0.05) is 23.2 Å². The lowest BCUT2D eigenvalue weighted by Gasteiger charge is -2.12. The number of hydrogen-bond acceptors (Lipinski definition) is 4. The summed E-state index contributed by atoms with van der Waals surface area (Å²) in [5.41, 5.74) is 6.74. The minimum atomic E-state index is -4.96. The van der Waals surface area contributed by atoms with Crippen molar-refractivity contribution in [1.82, 2.24) is 19.6 Å². The van der Waals surface area contributed by atoms with E-state index in [-0.39, 0.29) is 32.7 Å². The summed E-state index contributed by atoms with van der Waals surface area (Å²) in [5.74, 6) is -6.03. The van der Waals surface area contributed by atoms with Crippen molar-refractivity contribution < 1.29 is 35.1 Å². The Morgan fingerprint density at radius 1 is 0.686 bits per heavy atom. The van der Waals surface area contributed by atoms with Gasteiger partial charge in [-0.3, -0.25) is 0 Å². The van der Waals surface area contributed by atoms with Crippen LogP contribution in [0.25, 0.3) is 11.4 Å². The molecule has 6 nitrogen and oxygen atoms in total. The first-order valence-electron chi connectivity index (χ1n) is 8.91. The monoisotopic (exact) mass is 544 g/mol. The van der Waals surface area contributed by atoms with Crippen LogP contribution >= 0.6 is 23.2 Å². The van der Waals surface area contributed by atoms with Crippen molar-refractivity contribution in [2.75, 3.05) is 11.5 Å². The fraction of sp³-hybridized carbons (Fsp3) is 0.0526. The maximum absolute atomic E-state index is 13.5. The Labute approximate surface area is 200 Å². The molecule has 0 radical (unpaired) electrons. The lowest BCUT2D eigenvalue weighted by atomic mass is 10.2. The molecule has 16 heteroatoms. The van der Waals surface area contributed by atoms with E-state index in [1.807, 2.05) is 0 Å². The quantitative estimate of drug-likeness (QED) is 0.306. The van der Waals surface area contributed by atoms with E-state index >= 15 is 0 Å². The zero-order valence-electron chi connectivity index (χ0n) is 16.7. The van der Waals surface area contributed by atoms with E-state index in [0.717, 1.165) is 16.8 Å². The van der Waals surface area contributed by atoms with Crippen LogP contribution in [0, 0.1) is 29.1 Å². The first-order chi connectivity index (χ1) is 16.2. The minimum Gasteiger partial charge on any atom is -0.396 e. The fourth-order valence-electron chi connectivity index (χ4n) is 2.79. The molecular weight excluding hydrogens is 535 g/mol. The van der Waals surface area contributed by atoms with E-state index < -0.39 is 58.0 Å². The van der Waals surface area contributed by atoms with Crippen LogP contribution in [0.3, 0.4) is 0 Å². The normalized spacial score (nSPS) is 11.4. The van der Waals surface area contributed by atoms with Gasteiger partial charge in [-0.2, -0.15) is 23.4 Å². The molecule has 4 N–H and O–H groups in total. The highest BCUT2D eigenvalue weighted by Gasteiger charge is 2.39. The van der Waals surface area contributed by atoms with Gasteiger partial charge in [-0.25, -0.2) is 31.3 Å². The number of aromatic nitrogens is 4. The molecule has 0 unspecified atom stereocenters. The Balaban J connectivity index is 0.000000198. The third-order valence-electron chi connectivity index (χ3n) is 4.19. The fourth-order valence-corrected chi connectivity index (χ4v) is 3.16.